The van der Waals surface area contributed by atoms with E-state index in [2.05, 4.69) is 5.32 Å². The van der Waals surface area contributed by atoms with Gasteiger partial charge in [0.05, 0.1) is 0 Å². The lowest BCUT2D eigenvalue weighted by molar-refractivity contribution is -0.145. The van der Waals surface area contributed by atoms with Crippen LogP contribution in [0.25, 0.3) is 0 Å². The van der Waals surface area contributed by atoms with E-state index in [-0.39, 0.29) is 18.7 Å². The number of amides is 1. The molecule has 0 aliphatic heterocycles. The van der Waals surface area contributed by atoms with Gasteiger partial charge in [0, 0.05) is 6.42 Å². The number of fused-ring (bicyclic) bond motifs is 1. The van der Waals surface area contributed by atoms with Gasteiger partial charge in [0.15, 0.2) is 0 Å². The average molecular weight is 309 g/mol. The number of aryl methyl sites for hydroxylation is 1. The van der Waals surface area contributed by atoms with Gasteiger partial charge in [-0.3, -0.25) is 0 Å². The standard InChI is InChI=1S/C16H20FNO4/c1-15(2,3)22-14(21)18-16(13(19)20)7-6-10-8-12(17)5-4-11(10)9-16/h4-5,8H,6-7,9H2,1-3H3,(H,18,21)(H,19,20)/t16-/m0/s1. The molecule has 0 radical (unpaired) electrons. The number of carbonyl (C=O) groups excluding carboxylic acids is 1. The number of carboxylic acids is 1. The summed E-state index contributed by atoms with van der Waals surface area (Å²) in [4.78, 5) is 23.7. The second kappa shape index (κ2) is 5.59. The highest BCUT2D eigenvalue weighted by Crippen LogP contribution is 2.30. The molecule has 2 N–H and O–H groups in total. The predicted octanol–water partition coefficient (Wildman–Crippen LogP) is 2.66. The van der Waals surface area contributed by atoms with E-state index in [1.54, 1.807) is 26.8 Å². The SMILES string of the molecule is CC(C)(C)OC(=O)N[C@@]1(C(=O)O)CCc2cc(F)ccc2C1. The van der Waals surface area contributed by atoms with Crippen molar-refractivity contribution in [1.29, 1.82) is 0 Å². The maximum atomic E-state index is 13.2. The minimum absolute atomic E-state index is 0.108. The van der Waals surface area contributed by atoms with Crippen molar-refractivity contribution < 1.29 is 23.8 Å². The highest BCUT2D eigenvalue weighted by atomic mass is 19.1. The molecule has 1 aliphatic carbocycles. The minimum atomic E-state index is -1.42. The Balaban J connectivity index is 2.23. The van der Waals surface area contributed by atoms with E-state index in [1.807, 2.05) is 0 Å². The van der Waals surface area contributed by atoms with Crippen molar-refractivity contribution >= 4 is 12.1 Å². The van der Waals surface area contributed by atoms with Gasteiger partial charge in [0.25, 0.3) is 0 Å². The van der Waals surface area contributed by atoms with Crippen molar-refractivity contribution in [3.8, 4) is 0 Å². The van der Waals surface area contributed by atoms with Crippen LogP contribution in [-0.2, 0) is 22.4 Å². The molecule has 0 saturated heterocycles. The Bertz CT molecular complexity index is 609. The van der Waals surface area contributed by atoms with Gasteiger partial charge in [-0.15, -0.1) is 0 Å². The number of alkyl carbamates (subject to hydrolysis) is 1. The van der Waals surface area contributed by atoms with Crippen molar-refractivity contribution in [2.75, 3.05) is 0 Å². The zero-order chi connectivity index (χ0) is 16.5. The third-order valence-electron chi connectivity index (χ3n) is 3.63. The first-order valence-corrected chi connectivity index (χ1v) is 7.13. The Morgan fingerprint density at radius 3 is 2.59 bits per heavy atom. The van der Waals surface area contributed by atoms with Crippen LogP contribution in [0.3, 0.4) is 0 Å². The van der Waals surface area contributed by atoms with Gasteiger partial charge in [-0.05, 0) is 56.9 Å². The number of carbonyl (C=O) groups is 2. The van der Waals surface area contributed by atoms with Crippen LogP contribution in [0.5, 0.6) is 0 Å². The molecule has 1 amide bonds. The van der Waals surface area contributed by atoms with E-state index in [0.29, 0.717) is 6.42 Å². The minimum Gasteiger partial charge on any atom is -0.479 e. The fourth-order valence-corrected chi connectivity index (χ4v) is 2.60. The fourth-order valence-electron chi connectivity index (χ4n) is 2.60. The summed E-state index contributed by atoms with van der Waals surface area (Å²) in [5, 5.41) is 12.1. The molecule has 0 aromatic heterocycles. The monoisotopic (exact) mass is 309 g/mol. The summed E-state index contributed by atoms with van der Waals surface area (Å²) < 4.78 is 18.4. The third kappa shape index (κ3) is 3.55. The molecule has 1 atom stereocenters. The first kappa shape index (κ1) is 16.3. The van der Waals surface area contributed by atoms with Crippen molar-refractivity contribution in [1.82, 2.24) is 5.32 Å². The number of carboxylic acid groups (broad SMARTS) is 1. The number of hydrogen-bond acceptors (Lipinski definition) is 3. The summed E-state index contributed by atoms with van der Waals surface area (Å²) >= 11 is 0. The van der Waals surface area contributed by atoms with Gasteiger partial charge >= 0.3 is 12.1 Å². The largest absolute Gasteiger partial charge is 0.479 e. The Labute approximate surface area is 128 Å². The number of aliphatic carboxylic acids is 1. The quantitative estimate of drug-likeness (QED) is 0.880. The number of benzene rings is 1. The highest BCUT2D eigenvalue weighted by Gasteiger charge is 2.43. The van der Waals surface area contributed by atoms with E-state index in [0.717, 1.165) is 11.1 Å². The molecule has 0 saturated carbocycles. The van der Waals surface area contributed by atoms with Crippen LogP contribution in [0.4, 0.5) is 9.18 Å². The van der Waals surface area contributed by atoms with Gasteiger partial charge in [-0.1, -0.05) is 6.07 Å². The van der Waals surface area contributed by atoms with Crippen LogP contribution in [0.2, 0.25) is 0 Å². The molecule has 1 aliphatic rings. The van der Waals surface area contributed by atoms with Gasteiger partial charge in [-0.2, -0.15) is 0 Å². The fraction of sp³-hybridized carbons (Fsp3) is 0.500. The first-order chi connectivity index (χ1) is 10.1. The second-order valence-corrected chi connectivity index (χ2v) is 6.60. The first-order valence-electron chi connectivity index (χ1n) is 7.13. The van der Waals surface area contributed by atoms with Crippen LogP contribution in [-0.4, -0.2) is 28.3 Å². The van der Waals surface area contributed by atoms with Crippen LogP contribution in [0.15, 0.2) is 18.2 Å². The maximum Gasteiger partial charge on any atom is 0.408 e. The lowest BCUT2D eigenvalue weighted by atomic mass is 9.78. The Morgan fingerprint density at radius 2 is 2.00 bits per heavy atom. The van der Waals surface area contributed by atoms with E-state index >= 15 is 0 Å². The van der Waals surface area contributed by atoms with Crippen LogP contribution >= 0.6 is 0 Å². The summed E-state index contributed by atoms with van der Waals surface area (Å²) in [5.41, 5.74) is -0.624. The number of ether oxygens (including phenoxy) is 1. The molecule has 0 heterocycles. The molecule has 1 aromatic carbocycles. The molecular formula is C16H20FNO4. The Morgan fingerprint density at radius 1 is 1.32 bits per heavy atom. The highest BCUT2D eigenvalue weighted by molar-refractivity contribution is 5.85. The average Bonchev–Trinajstić information content (AvgIpc) is 2.36. The molecular weight excluding hydrogens is 289 g/mol. The van der Waals surface area contributed by atoms with Crippen LogP contribution in [0, 0.1) is 5.82 Å². The number of halogens is 1. The third-order valence-corrected chi connectivity index (χ3v) is 3.63. The van der Waals surface area contributed by atoms with Crippen molar-refractivity contribution in [3.63, 3.8) is 0 Å². The van der Waals surface area contributed by atoms with Gasteiger partial charge < -0.3 is 15.2 Å². The molecule has 2 rings (SSSR count). The molecule has 0 spiro atoms. The van der Waals surface area contributed by atoms with E-state index in [4.69, 9.17) is 4.74 Å². The molecule has 0 unspecified atom stereocenters. The summed E-state index contributed by atoms with van der Waals surface area (Å²) in [5.74, 6) is -1.46. The number of rotatable bonds is 2. The van der Waals surface area contributed by atoms with Crippen LogP contribution < -0.4 is 5.32 Å². The summed E-state index contributed by atoms with van der Waals surface area (Å²) in [7, 11) is 0. The molecule has 120 valence electrons. The molecule has 5 nitrogen and oxygen atoms in total. The smallest absolute Gasteiger partial charge is 0.408 e. The molecule has 1 aromatic rings. The summed E-state index contributed by atoms with van der Waals surface area (Å²) in [6.07, 6.45) is -0.0785. The second-order valence-electron chi connectivity index (χ2n) is 6.60. The molecule has 22 heavy (non-hydrogen) atoms. The topological polar surface area (TPSA) is 75.6 Å². The van der Waals surface area contributed by atoms with Crippen molar-refractivity contribution in [2.45, 2.75) is 51.2 Å². The summed E-state index contributed by atoms with van der Waals surface area (Å²) in [6, 6.07) is 4.27. The zero-order valence-corrected chi connectivity index (χ0v) is 12.9. The molecule has 0 fully saturated rings. The normalized spacial score (nSPS) is 20.9. The lowest BCUT2D eigenvalue weighted by Crippen LogP contribution is -2.58. The number of hydrogen-bond donors (Lipinski definition) is 2. The van der Waals surface area contributed by atoms with E-state index < -0.39 is 23.2 Å². The lowest BCUT2D eigenvalue weighted by Gasteiger charge is -2.35. The maximum absolute atomic E-state index is 13.2. The van der Waals surface area contributed by atoms with Gasteiger partial charge in [-0.25, -0.2) is 14.0 Å². The van der Waals surface area contributed by atoms with Crippen molar-refractivity contribution in [2.24, 2.45) is 0 Å². The predicted molar refractivity (Wildman–Crippen MR) is 78.2 cm³/mol. The van der Waals surface area contributed by atoms with E-state index in [1.165, 1.54) is 12.1 Å². The van der Waals surface area contributed by atoms with Gasteiger partial charge in [0.2, 0.25) is 0 Å². The van der Waals surface area contributed by atoms with Crippen molar-refractivity contribution in [3.05, 3.63) is 35.1 Å². The molecule has 0 bridgehead atoms. The Kier molecular flexibility index (Phi) is 4.13. The number of nitrogens with one attached hydrogen (secondary N) is 1. The van der Waals surface area contributed by atoms with Gasteiger partial charge in [0.1, 0.15) is 17.0 Å². The Hall–Kier alpha value is -2.11. The zero-order valence-electron chi connectivity index (χ0n) is 12.9. The molecule has 6 heteroatoms. The van der Waals surface area contributed by atoms with Crippen LogP contribution in [0.1, 0.15) is 38.3 Å². The summed E-state index contributed by atoms with van der Waals surface area (Å²) in [6.45, 7) is 5.12. The van der Waals surface area contributed by atoms with E-state index in [9.17, 15) is 19.1 Å².